The van der Waals surface area contributed by atoms with Crippen LogP contribution in [0, 0.1) is 5.92 Å². The first kappa shape index (κ1) is 13.0. The number of ether oxygens (including phenoxy) is 2. The highest BCUT2D eigenvalue weighted by molar-refractivity contribution is 5.80. The van der Waals surface area contributed by atoms with Crippen LogP contribution in [-0.4, -0.2) is 29.7 Å². The number of imidazole rings is 1. The van der Waals surface area contributed by atoms with E-state index in [0.717, 1.165) is 34.9 Å². The van der Waals surface area contributed by atoms with Crippen molar-refractivity contribution >= 4 is 11.0 Å². The molecule has 1 aliphatic carbocycles. The molecular weight excluding hydrogens is 266 g/mol. The minimum Gasteiger partial charge on any atom is -0.486 e. The Labute approximate surface area is 123 Å². The van der Waals surface area contributed by atoms with E-state index in [9.17, 15) is 0 Å². The monoisotopic (exact) mass is 287 g/mol. The fourth-order valence-electron chi connectivity index (χ4n) is 3.43. The van der Waals surface area contributed by atoms with Gasteiger partial charge in [-0.3, -0.25) is 0 Å². The quantitative estimate of drug-likeness (QED) is 0.890. The highest BCUT2D eigenvalue weighted by Gasteiger charge is 2.24. The summed E-state index contributed by atoms with van der Waals surface area (Å²) in [6, 6.07) is 3.99. The molecule has 3 N–H and O–H groups in total. The Morgan fingerprint density at radius 2 is 1.81 bits per heavy atom. The Bertz CT molecular complexity index is 601. The van der Waals surface area contributed by atoms with Gasteiger partial charge >= 0.3 is 0 Å². The largest absolute Gasteiger partial charge is 0.486 e. The molecule has 2 aliphatic rings. The average molecular weight is 287 g/mol. The highest BCUT2D eigenvalue weighted by atomic mass is 16.6. The Morgan fingerprint density at radius 3 is 2.52 bits per heavy atom. The van der Waals surface area contributed by atoms with E-state index in [1.165, 1.54) is 25.7 Å². The molecule has 1 aliphatic heterocycles. The van der Waals surface area contributed by atoms with Crippen LogP contribution in [0.15, 0.2) is 12.1 Å². The number of aromatic nitrogens is 2. The third-order valence-electron chi connectivity index (χ3n) is 4.73. The second-order valence-electron chi connectivity index (χ2n) is 6.09. The van der Waals surface area contributed by atoms with Gasteiger partial charge in [0.25, 0.3) is 0 Å². The fourth-order valence-corrected chi connectivity index (χ4v) is 3.43. The molecular formula is C16H21N3O2. The molecule has 2 heterocycles. The first-order valence-electron chi connectivity index (χ1n) is 7.83. The summed E-state index contributed by atoms with van der Waals surface area (Å²) in [5, 5.41) is 0. The lowest BCUT2D eigenvalue weighted by Crippen LogP contribution is -2.21. The van der Waals surface area contributed by atoms with E-state index in [4.69, 9.17) is 20.2 Å². The zero-order valence-corrected chi connectivity index (χ0v) is 12.1. The summed E-state index contributed by atoms with van der Waals surface area (Å²) in [5.74, 6) is 3.94. The normalized spacial score (nSPS) is 25.2. The minimum absolute atomic E-state index is 0.527. The minimum atomic E-state index is 0.527. The van der Waals surface area contributed by atoms with E-state index in [0.29, 0.717) is 25.0 Å². The first-order chi connectivity index (χ1) is 10.3. The van der Waals surface area contributed by atoms with Crippen LogP contribution in [0.4, 0.5) is 0 Å². The molecule has 5 heteroatoms. The van der Waals surface area contributed by atoms with Crippen LogP contribution in [0.2, 0.25) is 0 Å². The smallest absolute Gasteiger partial charge is 0.163 e. The maximum Gasteiger partial charge on any atom is 0.163 e. The van der Waals surface area contributed by atoms with E-state index < -0.39 is 0 Å². The van der Waals surface area contributed by atoms with Crippen LogP contribution in [-0.2, 0) is 0 Å². The standard InChI is InChI=1S/C16H21N3O2/c17-9-10-1-3-11(4-2-10)16-18-12-7-14-15(8-13(12)19-16)21-6-5-20-14/h7-8,10-11H,1-6,9,17H2,(H,18,19). The van der Waals surface area contributed by atoms with Crippen molar-refractivity contribution in [1.29, 1.82) is 0 Å². The van der Waals surface area contributed by atoms with Crippen LogP contribution in [0.3, 0.4) is 0 Å². The summed E-state index contributed by atoms with van der Waals surface area (Å²) in [6.45, 7) is 2.04. The van der Waals surface area contributed by atoms with Gasteiger partial charge in [-0.15, -0.1) is 0 Å². The number of nitrogens with two attached hydrogens (primary N) is 1. The maximum atomic E-state index is 5.77. The van der Waals surface area contributed by atoms with Gasteiger partial charge in [0, 0.05) is 18.1 Å². The summed E-state index contributed by atoms with van der Waals surface area (Å²) in [6.07, 6.45) is 4.77. The zero-order valence-electron chi connectivity index (χ0n) is 12.1. The molecule has 1 aromatic carbocycles. The van der Waals surface area contributed by atoms with Gasteiger partial charge in [0.15, 0.2) is 11.5 Å². The van der Waals surface area contributed by atoms with Crippen LogP contribution < -0.4 is 15.2 Å². The second-order valence-corrected chi connectivity index (χ2v) is 6.09. The van der Waals surface area contributed by atoms with Crippen molar-refractivity contribution in [3.63, 3.8) is 0 Å². The molecule has 4 rings (SSSR count). The molecule has 1 fully saturated rings. The SMILES string of the molecule is NCC1CCC(c2nc3cc4c(cc3[nH]2)OCCO4)CC1. The molecule has 0 saturated heterocycles. The molecule has 0 unspecified atom stereocenters. The molecule has 1 aromatic heterocycles. The number of aromatic amines is 1. The van der Waals surface area contributed by atoms with E-state index in [1.54, 1.807) is 0 Å². The van der Waals surface area contributed by atoms with Crippen molar-refractivity contribution in [2.75, 3.05) is 19.8 Å². The molecule has 5 nitrogen and oxygen atoms in total. The van der Waals surface area contributed by atoms with Gasteiger partial charge < -0.3 is 20.2 Å². The van der Waals surface area contributed by atoms with Gasteiger partial charge in [0.2, 0.25) is 0 Å². The number of hydrogen-bond acceptors (Lipinski definition) is 4. The second kappa shape index (κ2) is 5.22. The molecule has 2 aromatic rings. The van der Waals surface area contributed by atoms with Gasteiger partial charge in [-0.05, 0) is 38.1 Å². The van der Waals surface area contributed by atoms with E-state index in [1.807, 2.05) is 12.1 Å². The summed E-state index contributed by atoms with van der Waals surface area (Å²) < 4.78 is 11.3. The van der Waals surface area contributed by atoms with Crippen molar-refractivity contribution < 1.29 is 9.47 Å². The highest BCUT2D eigenvalue weighted by Crippen LogP contribution is 2.37. The molecule has 0 amide bonds. The summed E-state index contributed by atoms with van der Waals surface area (Å²) in [7, 11) is 0. The predicted molar refractivity (Wildman–Crippen MR) is 80.8 cm³/mol. The summed E-state index contributed by atoms with van der Waals surface area (Å²) in [4.78, 5) is 8.24. The lowest BCUT2D eigenvalue weighted by Gasteiger charge is -2.26. The number of fused-ring (bicyclic) bond motifs is 2. The molecule has 112 valence electrons. The average Bonchev–Trinajstić information content (AvgIpc) is 2.95. The van der Waals surface area contributed by atoms with Crippen molar-refractivity contribution in [2.24, 2.45) is 11.7 Å². The zero-order chi connectivity index (χ0) is 14.2. The van der Waals surface area contributed by atoms with Crippen molar-refractivity contribution in [3.05, 3.63) is 18.0 Å². The topological polar surface area (TPSA) is 73.2 Å². The molecule has 0 bridgehead atoms. The van der Waals surface area contributed by atoms with Crippen molar-refractivity contribution in [2.45, 2.75) is 31.6 Å². The molecule has 0 atom stereocenters. The number of nitrogens with one attached hydrogen (secondary N) is 1. The molecule has 0 radical (unpaired) electrons. The number of benzene rings is 1. The van der Waals surface area contributed by atoms with E-state index in [-0.39, 0.29) is 0 Å². The number of H-pyrrole nitrogens is 1. The van der Waals surface area contributed by atoms with Gasteiger partial charge in [0.05, 0.1) is 11.0 Å². The van der Waals surface area contributed by atoms with Crippen molar-refractivity contribution in [1.82, 2.24) is 9.97 Å². The number of hydrogen-bond donors (Lipinski definition) is 2. The van der Waals surface area contributed by atoms with Crippen molar-refractivity contribution in [3.8, 4) is 11.5 Å². The third kappa shape index (κ3) is 2.35. The van der Waals surface area contributed by atoms with Crippen LogP contribution >= 0.6 is 0 Å². The van der Waals surface area contributed by atoms with Gasteiger partial charge in [-0.1, -0.05) is 0 Å². The van der Waals surface area contributed by atoms with E-state index >= 15 is 0 Å². The number of rotatable bonds is 2. The fraction of sp³-hybridized carbons (Fsp3) is 0.562. The maximum absolute atomic E-state index is 5.77. The first-order valence-corrected chi connectivity index (χ1v) is 7.83. The molecule has 21 heavy (non-hydrogen) atoms. The lowest BCUT2D eigenvalue weighted by molar-refractivity contribution is 0.172. The Kier molecular flexibility index (Phi) is 3.22. The van der Waals surface area contributed by atoms with Gasteiger partial charge in [-0.25, -0.2) is 4.98 Å². The molecule has 1 saturated carbocycles. The van der Waals surface area contributed by atoms with Gasteiger partial charge in [-0.2, -0.15) is 0 Å². The van der Waals surface area contributed by atoms with E-state index in [2.05, 4.69) is 4.98 Å². The lowest BCUT2D eigenvalue weighted by atomic mass is 9.82. The Balaban J connectivity index is 1.62. The Hall–Kier alpha value is -1.75. The van der Waals surface area contributed by atoms with Crippen LogP contribution in [0.25, 0.3) is 11.0 Å². The van der Waals surface area contributed by atoms with Crippen LogP contribution in [0.5, 0.6) is 11.5 Å². The number of nitrogens with zero attached hydrogens (tertiary/aromatic N) is 1. The van der Waals surface area contributed by atoms with Crippen LogP contribution in [0.1, 0.15) is 37.4 Å². The van der Waals surface area contributed by atoms with Gasteiger partial charge in [0.1, 0.15) is 19.0 Å². The molecule has 0 spiro atoms. The summed E-state index contributed by atoms with van der Waals surface area (Å²) >= 11 is 0. The summed E-state index contributed by atoms with van der Waals surface area (Å²) in [5.41, 5.74) is 7.77. The predicted octanol–water partition coefficient (Wildman–Crippen LogP) is 2.57. The third-order valence-corrected chi connectivity index (χ3v) is 4.73. The Morgan fingerprint density at radius 1 is 1.10 bits per heavy atom.